The van der Waals surface area contributed by atoms with Crippen molar-refractivity contribution in [2.75, 3.05) is 13.2 Å². The first-order valence-corrected chi connectivity index (χ1v) is 6.31. The molecule has 1 rings (SSSR count). The second kappa shape index (κ2) is 7.74. The topological polar surface area (TPSA) is 55.4 Å². The summed E-state index contributed by atoms with van der Waals surface area (Å²) in [4.78, 5) is 22.8. The Morgan fingerprint density at radius 2 is 2.16 bits per heavy atom. The first-order chi connectivity index (χ1) is 9.04. The third-order valence-corrected chi connectivity index (χ3v) is 2.64. The number of rotatable bonds is 6. The summed E-state index contributed by atoms with van der Waals surface area (Å²) >= 11 is 5.75. The van der Waals surface area contributed by atoms with E-state index in [0.717, 1.165) is 6.07 Å². The molecule has 6 heteroatoms. The maximum atomic E-state index is 12.8. The van der Waals surface area contributed by atoms with E-state index in [4.69, 9.17) is 16.3 Å². The van der Waals surface area contributed by atoms with Crippen LogP contribution in [0.4, 0.5) is 4.39 Å². The Kier molecular flexibility index (Phi) is 6.29. The summed E-state index contributed by atoms with van der Waals surface area (Å²) in [5.41, 5.74) is 0.208. The van der Waals surface area contributed by atoms with Crippen LogP contribution in [-0.4, -0.2) is 25.0 Å². The number of ether oxygens (including phenoxy) is 1. The quantitative estimate of drug-likeness (QED) is 0.646. The van der Waals surface area contributed by atoms with Crippen molar-refractivity contribution in [3.63, 3.8) is 0 Å². The smallest absolute Gasteiger partial charge is 0.305 e. The molecule has 1 N–H and O–H groups in total. The molecule has 1 aromatic rings. The van der Waals surface area contributed by atoms with E-state index < -0.39 is 11.7 Å². The van der Waals surface area contributed by atoms with Gasteiger partial charge in [-0.1, -0.05) is 11.6 Å². The molecular formula is C13H15ClFNO3. The molecule has 0 saturated heterocycles. The highest BCUT2D eigenvalue weighted by atomic mass is 35.5. The summed E-state index contributed by atoms with van der Waals surface area (Å²) in [6.45, 7) is 2.40. The van der Waals surface area contributed by atoms with Crippen LogP contribution in [-0.2, 0) is 9.53 Å². The number of nitrogens with one attached hydrogen (secondary N) is 1. The normalized spacial score (nSPS) is 10.1. The van der Waals surface area contributed by atoms with E-state index in [2.05, 4.69) is 5.32 Å². The number of hydrogen-bond acceptors (Lipinski definition) is 3. The van der Waals surface area contributed by atoms with Gasteiger partial charge in [0.1, 0.15) is 5.82 Å². The Balaban J connectivity index is 2.37. The Morgan fingerprint density at radius 1 is 1.42 bits per heavy atom. The number of carbonyl (C=O) groups excluding carboxylic acids is 2. The highest BCUT2D eigenvalue weighted by Crippen LogP contribution is 2.16. The third-order valence-electron chi connectivity index (χ3n) is 2.32. The molecule has 0 unspecified atom stereocenters. The van der Waals surface area contributed by atoms with Crippen LogP contribution in [0.1, 0.15) is 30.1 Å². The molecule has 0 heterocycles. The lowest BCUT2D eigenvalue weighted by Gasteiger charge is -2.06. The van der Waals surface area contributed by atoms with Crippen molar-refractivity contribution >= 4 is 23.5 Å². The third kappa shape index (κ3) is 5.26. The number of carbonyl (C=O) groups is 2. The summed E-state index contributed by atoms with van der Waals surface area (Å²) in [5.74, 6) is -1.19. The van der Waals surface area contributed by atoms with Crippen LogP contribution in [0.25, 0.3) is 0 Å². The highest BCUT2D eigenvalue weighted by Gasteiger charge is 2.10. The van der Waals surface area contributed by atoms with Crippen molar-refractivity contribution in [2.24, 2.45) is 0 Å². The summed E-state index contributed by atoms with van der Waals surface area (Å²) in [6.07, 6.45) is 0.717. The minimum absolute atomic E-state index is 0.0582. The molecule has 0 fully saturated rings. The molecule has 0 spiro atoms. The van der Waals surface area contributed by atoms with Crippen molar-refractivity contribution in [3.05, 3.63) is 34.6 Å². The average molecular weight is 288 g/mol. The Hall–Kier alpha value is -1.62. The van der Waals surface area contributed by atoms with Gasteiger partial charge in [0, 0.05) is 13.0 Å². The second-order valence-electron chi connectivity index (χ2n) is 3.79. The first-order valence-electron chi connectivity index (χ1n) is 5.93. The van der Waals surface area contributed by atoms with Gasteiger partial charge in [0.05, 0.1) is 17.2 Å². The van der Waals surface area contributed by atoms with Crippen LogP contribution in [0.15, 0.2) is 18.2 Å². The van der Waals surface area contributed by atoms with Gasteiger partial charge in [-0.3, -0.25) is 9.59 Å². The fourth-order valence-corrected chi connectivity index (χ4v) is 1.69. The Morgan fingerprint density at radius 3 is 2.79 bits per heavy atom. The van der Waals surface area contributed by atoms with Crippen LogP contribution in [0.5, 0.6) is 0 Å². The lowest BCUT2D eigenvalue weighted by atomic mass is 10.2. The van der Waals surface area contributed by atoms with Crippen molar-refractivity contribution in [1.82, 2.24) is 5.32 Å². The zero-order valence-corrected chi connectivity index (χ0v) is 11.3. The molecule has 0 aliphatic heterocycles. The van der Waals surface area contributed by atoms with E-state index in [1.54, 1.807) is 6.92 Å². The van der Waals surface area contributed by atoms with Gasteiger partial charge in [-0.25, -0.2) is 4.39 Å². The molecule has 0 aliphatic rings. The van der Waals surface area contributed by atoms with E-state index >= 15 is 0 Å². The van der Waals surface area contributed by atoms with Gasteiger partial charge in [-0.15, -0.1) is 0 Å². The zero-order valence-electron chi connectivity index (χ0n) is 10.5. The van der Waals surface area contributed by atoms with Gasteiger partial charge < -0.3 is 10.1 Å². The molecular weight excluding hydrogens is 273 g/mol. The molecule has 1 amide bonds. The SMILES string of the molecule is CCOC(=O)CCCNC(=O)c1ccc(F)cc1Cl. The largest absolute Gasteiger partial charge is 0.466 e. The van der Waals surface area contributed by atoms with E-state index in [0.29, 0.717) is 19.6 Å². The average Bonchev–Trinajstić information content (AvgIpc) is 2.34. The molecule has 0 radical (unpaired) electrons. The second-order valence-corrected chi connectivity index (χ2v) is 4.20. The van der Waals surface area contributed by atoms with Crippen LogP contribution < -0.4 is 5.32 Å². The zero-order chi connectivity index (χ0) is 14.3. The van der Waals surface area contributed by atoms with Crippen LogP contribution in [0, 0.1) is 5.82 Å². The van der Waals surface area contributed by atoms with Gasteiger partial charge in [0.15, 0.2) is 0 Å². The fourth-order valence-electron chi connectivity index (χ4n) is 1.44. The van der Waals surface area contributed by atoms with E-state index in [1.165, 1.54) is 12.1 Å². The molecule has 0 aliphatic carbocycles. The standard InChI is InChI=1S/C13H15ClFNO3/c1-2-19-12(17)4-3-7-16-13(18)10-6-5-9(15)8-11(10)14/h5-6,8H,2-4,7H2,1H3,(H,16,18). The molecule has 19 heavy (non-hydrogen) atoms. The molecule has 1 aromatic carbocycles. The summed E-state index contributed by atoms with van der Waals surface area (Å²) in [5, 5.41) is 2.66. The highest BCUT2D eigenvalue weighted by molar-refractivity contribution is 6.33. The molecule has 0 saturated carbocycles. The number of benzene rings is 1. The molecule has 0 atom stereocenters. The number of amides is 1. The van der Waals surface area contributed by atoms with Crippen molar-refractivity contribution in [3.8, 4) is 0 Å². The lowest BCUT2D eigenvalue weighted by Crippen LogP contribution is -2.25. The Bertz CT molecular complexity index is 465. The summed E-state index contributed by atoms with van der Waals surface area (Å²) in [7, 11) is 0. The maximum absolute atomic E-state index is 12.8. The van der Waals surface area contributed by atoms with Crippen molar-refractivity contribution in [2.45, 2.75) is 19.8 Å². The van der Waals surface area contributed by atoms with Gasteiger partial charge in [0.25, 0.3) is 5.91 Å². The predicted molar refractivity (Wildman–Crippen MR) is 69.6 cm³/mol. The maximum Gasteiger partial charge on any atom is 0.305 e. The van der Waals surface area contributed by atoms with Crippen LogP contribution in [0.3, 0.4) is 0 Å². The molecule has 4 nitrogen and oxygen atoms in total. The van der Waals surface area contributed by atoms with Gasteiger partial charge in [-0.2, -0.15) is 0 Å². The van der Waals surface area contributed by atoms with Crippen molar-refractivity contribution < 1.29 is 18.7 Å². The monoisotopic (exact) mass is 287 g/mol. The van der Waals surface area contributed by atoms with E-state index in [-0.39, 0.29) is 23.0 Å². The lowest BCUT2D eigenvalue weighted by molar-refractivity contribution is -0.143. The van der Waals surface area contributed by atoms with Crippen molar-refractivity contribution in [1.29, 1.82) is 0 Å². The van der Waals surface area contributed by atoms with Gasteiger partial charge in [0.2, 0.25) is 0 Å². The molecule has 0 aromatic heterocycles. The minimum atomic E-state index is -0.496. The van der Waals surface area contributed by atoms with Crippen LogP contribution in [0.2, 0.25) is 5.02 Å². The van der Waals surface area contributed by atoms with Crippen LogP contribution >= 0.6 is 11.6 Å². The summed E-state index contributed by atoms with van der Waals surface area (Å²) in [6, 6.07) is 3.56. The van der Waals surface area contributed by atoms with E-state index in [9.17, 15) is 14.0 Å². The number of hydrogen-bond donors (Lipinski definition) is 1. The van der Waals surface area contributed by atoms with E-state index in [1.807, 2.05) is 0 Å². The Labute approximate surface area is 115 Å². The number of halogens is 2. The summed E-state index contributed by atoms with van der Waals surface area (Å²) < 4.78 is 17.6. The molecule has 0 bridgehead atoms. The predicted octanol–water partition coefficient (Wildman–Crippen LogP) is 2.55. The fraction of sp³-hybridized carbons (Fsp3) is 0.385. The first kappa shape index (κ1) is 15.4. The van der Waals surface area contributed by atoms with Gasteiger partial charge in [-0.05, 0) is 31.5 Å². The van der Waals surface area contributed by atoms with Gasteiger partial charge >= 0.3 is 5.97 Å². The minimum Gasteiger partial charge on any atom is -0.466 e. The molecule has 104 valence electrons. The number of esters is 1.